The van der Waals surface area contributed by atoms with Crippen molar-refractivity contribution in [1.82, 2.24) is 9.88 Å². The number of carbonyl (C=O) groups is 1. The van der Waals surface area contributed by atoms with Crippen LogP contribution in [-0.4, -0.2) is 28.9 Å². The fraction of sp³-hybridized carbons (Fsp3) is 0.286. The van der Waals surface area contributed by atoms with E-state index >= 15 is 0 Å². The number of hydrogen-bond donors (Lipinski definition) is 1. The third kappa shape index (κ3) is 2.14. The molecule has 94 valence electrons. The molecule has 1 aromatic heterocycles. The van der Waals surface area contributed by atoms with Gasteiger partial charge in [0.2, 0.25) is 0 Å². The SMILES string of the molecule is CCN(CC)C(=O)c1cc2ccccc2c(=O)[nH]1. The molecule has 4 heteroatoms. The first-order chi connectivity index (χ1) is 8.67. The Morgan fingerprint density at radius 2 is 1.89 bits per heavy atom. The summed E-state index contributed by atoms with van der Waals surface area (Å²) in [6.07, 6.45) is 0. The summed E-state index contributed by atoms with van der Waals surface area (Å²) in [6, 6.07) is 8.98. The van der Waals surface area contributed by atoms with Crippen molar-refractivity contribution in [3.63, 3.8) is 0 Å². The molecule has 0 atom stereocenters. The van der Waals surface area contributed by atoms with Crippen LogP contribution in [0.1, 0.15) is 24.3 Å². The third-order valence-electron chi connectivity index (χ3n) is 3.03. The second kappa shape index (κ2) is 5.04. The lowest BCUT2D eigenvalue weighted by atomic mass is 10.1. The molecule has 18 heavy (non-hydrogen) atoms. The minimum atomic E-state index is -0.219. The van der Waals surface area contributed by atoms with Crippen molar-refractivity contribution in [2.24, 2.45) is 0 Å². The maximum absolute atomic E-state index is 12.2. The molecule has 0 aliphatic heterocycles. The second-order valence-corrected chi connectivity index (χ2v) is 4.08. The highest BCUT2D eigenvalue weighted by Crippen LogP contribution is 2.11. The van der Waals surface area contributed by atoms with E-state index in [1.807, 2.05) is 32.0 Å². The van der Waals surface area contributed by atoms with Gasteiger partial charge in [-0.05, 0) is 31.4 Å². The number of amides is 1. The van der Waals surface area contributed by atoms with Crippen molar-refractivity contribution in [1.29, 1.82) is 0 Å². The van der Waals surface area contributed by atoms with Crippen LogP contribution in [0.2, 0.25) is 0 Å². The lowest BCUT2D eigenvalue weighted by Crippen LogP contribution is -2.32. The standard InChI is InChI=1S/C14H16N2O2/c1-3-16(4-2)14(18)12-9-10-7-5-6-8-11(10)13(17)15-12/h5-9H,3-4H2,1-2H3,(H,15,17). The minimum absolute atomic E-state index is 0.136. The molecule has 0 fully saturated rings. The average molecular weight is 244 g/mol. The Labute approximate surface area is 105 Å². The highest BCUT2D eigenvalue weighted by molar-refractivity contribution is 5.96. The molecule has 1 heterocycles. The summed E-state index contributed by atoms with van der Waals surface area (Å²) in [7, 11) is 0. The van der Waals surface area contributed by atoms with E-state index in [0.29, 0.717) is 24.2 Å². The van der Waals surface area contributed by atoms with Gasteiger partial charge in [-0.1, -0.05) is 18.2 Å². The molecule has 0 saturated heterocycles. The molecule has 2 rings (SSSR count). The highest BCUT2D eigenvalue weighted by Gasteiger charge is 2.14. The number of fused-ring (bicyclic) bond motifs is 1. The van der Waals surface area contributed by atoms with Crippen LogP contribution in [-0.2, 0) is 0 Å². The fourth-order valence-electron chi connectivity index (χ4n) is 2.01. The maximum atomic E-state index is 12.2. The first-order valence-electron chi connectivity index (χ1n) is 6.08. The van der Waals surface area contributed by atoms with E-state index in [0.717, 1.165) is 5.39 Å². The third-order valence-corrected chi connectivity index (χ3v) is 3.03. The van der Waals surface area contributed by atoms with Crippen LogP contribution in [0.15, 0.2) is 35.1 Å². The van der Waals surface area contributed by atoms with E-state index in [4.69, 9.17) is 0 Å². The molecule has 4 nitrogen and oxygen atoms in total. The molecular formula is C14H16N2O2. The van der Waals surface area contributed by atoms with Gasteiger partial charge in [-0.2, -0.15) is 0 Å². The first kappa shape index (κ1) is 12.4. The number of nitrogens with zero attached hydrogens (tertiary/aromatic N) is 1. The number of benzene rings is 1. The largest absolute Gasteiger partial charge is 0.338 e. The number of aromatic amines is 1. The van der Waals surface area contributed by atoms with Gasteiger partial charge in [-0.15, -0.1) is 0 Å². The Bertz CT molecular complexity index is 627. The number of aromatic nitrogens is 1. The lowest BCUT2D eigenvalue weighted by molar-refractivity contribution is 0.0767. The number of carbonyl (C=O) groups excluding carboxylic acids is 1. The number of hydrogen-bond acceptors (Lipinski definition) is 2. The van der Waals surface area contributed by atoms with Crippen LogP contribution < -0.4 is 5.56 Å². The van der Waals surface area contributed by atoms with Crippen LogP contribution in [0.5, 0.6) is 0 Å². The molecular weight excluding hydrogens is 228 g/mol. The van der Waals surface area contributed by atoms with E-state index in [1.54, 1.807) is 17.0 Å². The van der Waals surface area contributed by atoms with Crippen LogP contribution in [0.25, 0.3) is 10.8 Å². The Kier molecular flexibility index (Phi) is 3.46. The number of pyridine rings is 1. The molecule has 1 N–H and O–H groups in total. The van der Waals surface area contributed by atoms with Crippen molar-refractivity contribution in [2.75, 3.05) is 13.1 Å². The predicted molar refractivity (Wildman–Crippen MR) is 71.8 cm³/mol. The van der Waals surface area contributed by atoms with Crippen molar-refractivity contribution in [3.05, 3.63) is 46.4 Å². The maximum Gasteiger partial charge on any atom is 0.270 e. The first-order valence-corrected chi connectivity index (χ1v) is 6.08. The van der Waals surface area contributed by atoms with E-state index in [9.17, 15) is 9.59 Å². The Balaban J connectivity index is 2.53. The molecule has 0 bridgehead atoms. The summed E-state index contributed by atoms with van der Waals surface area (Å²) >= 11 is 0. The Hall–Kier alpha value is -2.10. The zero-order chi connectivity index (χ0) is 13.1. The molecule has 0 radical (unpaired) electrons. The topological polar surface area (TPSA) is 53.2 Å². The zero-order valence-electron chi connectivity index (χ0n) is 10.6. The van der Waals surface area contributed by atoms with Crippen LogP contribution in [0, 0.1) is 0 Å². The van der Waals surface area contributed by atoms with E-state index in [2.05, 4.69) is 4.98 Å². The van der Waals surface area contributed by atoms with Gasteiger partial charge >= 0.3 is 0 Å². The Morgan fingerprint density at radius 3 is 2.56 bits per heavy atom. The van der Waals surface area contributed by atoms with Gasteiger partial charge in [0, 0.05) is 18.5 Å². The number of rotatable bonds is 3. The van der Waals surface area contributed by atoms with Gasteiger partial charge in [0.1, 0.15) is 5.69 Å². The summed E-state index contributed by atoms with van der Waals surface area (Å²) in [5.74, 6) is -0.136. The van der Waals surface area contributed by atoms with E-state index < -0.39 is 0 Å². The molecule has 0 aliphatic carbocycles. The normalized spacial score (nSPS) is 10.6. The van der Waals surface area contributed by atoms with Gasteiger partial charge in [0.15, 0.2) is 0 Å². The molecule has 1 aromatic carbocycles. The van der Waals surface area contributed by atoms with Crippen molar-refractivity contribution < 1.29 is 4.79 Å². The molecule has 1 amide bonds. The Morgan fingerprint density at radius 1 is 1.22 bits per heavy atom. The highest BCUT2D eigenvalue weighted by atomic mass is 16.2. The average Bonchev–Trinajstić information content (AvgIpc) is 2.40. The minimum Gasteiger partial charge on any atom is -0.338 e. The summed E-state index contributed by atoms with van der Waals surface area (Å²) in [5.41, 5.74) is 0.131. The fourth-order valence-corrected chi connectivity index (χ4v) is 2.01. The predicted octanol–water partition coefficient (Wildman–Crippen LogP) is 2.01. The number of H-pyrrole nitrogens is 1. The van der Waals surface area contributed by atoms with Crippen LogP contribution in [0.4, 0.5) is 0 Å². The molecule has 0 spiro atoms. The lowest BCUT2D eigenvalue weighted by Gasteiger charge is -2.18. The smallest absolute Gasteiger partial charge is 0.270 e. The van der Waals surface area contributed by atoms with Crippen LogP contribution in [0.3, 0.4) is 0 Å². The van der Waals surface area contributed by atoms with Gasteiger partial charge in [-0.3, -0.25) is 9.59 Å². The summed E-state index contributed by atoms with van der Waals surface area (Å²) < 4.78 is 0. The summed E-state index contributed by atoms with van der Waals surface area (Å²) in [6.45, 7) is 5.09. The van der Waals surface area contributed by atoms with Gasteiger partial charge in [-0.25, -0.2) is 0 Å². The number of nitrogens with one attached hydrogen (secondary N) is 1. The van der Waals surface area contributed by atoms with Gasteiger partial charge < -0.3 is 9.88 Å². The van der Waals surface area contributed by atoms with Gasteiger partial charge in [0.05, 0.1) is 0 Å². The monoisotopic (exact) mass is 244 g/mol. The van der Waals surface area contributed by atoms with Crippen molar-refractivity contribution in [3.8, 4) is 0 Å². The molecule has 0 saturated carbocycles. The van der Waals surface area contributed by atoms with Crippen LogP contribution >= 0.6 is 0 Å². The summed E-state index contributed by atoms with van der Waals surface area (Å²) in [4.78, 5) is 28.4. The van der Waals surface area contributed by atoms with E-state index in [-0.39, 0.29) is 11.5 Å². The molecule has 0 aliphatic rings. The second-order valence-electron chi connectivity index (χ2n) is 4.08. The summed E-state index contributed by atoms with van der Waals surface area (Å²) in [5, 5.41) is 1.39. The van der Waals surface area contributed by atoms with Gasteiger partial charge in [0.25, 0.3) is 11.5 Å². The van der Waals surface area contributed by atoms with E-state index in [1.165, 1.54) is 0 Å². The quantitative estimate of drug-likeness (QED) is 0.898. The molecule has 0 unspecified atom stereocenters. The molecule has 2 aromatic rings. The van der Waals surface area contributed by atoms with Crippen molar-refractivity contribution >= 4 is 16.7 Å². The van der Waals surface area contributed by atoms with Crippen molar-refractivity contribution in [2.45, 2.75) is 13.8 Å². The zero-order valence-corrected chi connectivity index (χ0v) is 10.6.